The molecule has 0 spiro atoms. The van der Waals surface area contributed by atoms with E-state index in [0.717, 1.165) is 25.7 Å². The Hall–Kier alpha value is -0.460. The normalized spacial score (nSPS) is 22.8. The molecule has 0 aromatic heterocycles. The van der Waals surface area contributed by atoms with Crippen LogP contribution in [0.3, 0.4) is 0 Å². The van der Waals surface area contributed by atoms with E-state index in [9.17, 15) is 9.36 Å². The molecule has 0 radical (unpaired) electrons. The average molecular weight is 280 g/mol. The maximum Gasteiger partial charge on any atom is 0.455 e. The molecule has 1 saturated carbocycles. The quantitative estimate of drug-likeness (QED) is 0.394. The summed E-state index contributed by atoms with van der Waals surface area (Å²) in [6, 6.07) is -0.836. The van der Waals surface area contributed by atoms with E-state index in [0.29, 0.717) is 0 Å². The van der Waals surface area contributed by atoms with Crippen LogP contribution in [0, 0.1) is 0 Å². The number of hydrogen-bond acceptors (Lipinski definition) is 5. The highest BCUT2D eigenvalue weighted by Crippen LogP contribution is 2.31. The Labute approximate surface area is 107 Å². The molecule has 0 bridgehead atoms. The number of carbonyl (C=O) groups is 1. The zero-order valence-corrected chi connectivity index (χ0v) is 11.4. The monoisotopic (exact) mass is 280 g/mol. The van der Waals surface area contributed by atoms with Crippen LogP contribution in [0.4, 0.5) is 0 Å². The van der Waals surface area contributed by atoms with Crippen molar-refractivity contribution < 1.29 is 23.6 Å². The standard InChI is InChI=1S/C10H21N2O5P/c1-8(10(13)17-18(11,14)15)12-16-9-6-4-2-3-5-7-9/h8-9,12H,2-7H2,1H3,(H3,11,14,15)/t8-/m0/s1. The lowest BCUT2D eigenvalue weighted by molar-refractivity contribution is -0.143. The van der Waals surface area contributed by atoms with Gasteiger partial charge in [-0.15, -0.1) is 0 Å². The van der Waals surface area contributed by atoms with Gasteiger partial charge in [-0.2, -0.15) is 5.48 Å². The van der Waals surface area contributed by atoms with Gasteiger partial charge < -0.3 is 9.42 Å². The van der Waals surface area contributed by atoms with Crippen LogP contribution in [0.25, 0.3) is 0 Å². The van der Waals surface area contributed by atoms with E-state index < -0.39 is 19.8 Å². The summed E-state index contributed by atoms with van der Waals surface area (Å²) >= 11 is 0. The van der Waals surface area contributed by atoms with Gasteiger partial charge in [-0.25, -0.2) is 14.9 Å². The van der Waals surface area contributed by atoms with Crippen LogP contribution in [0.2, 0.25) is 0 Å². The fourth-order valence-corrected chi connectivity index (χ4v) is 2.23. The number of nitrogens with one attached hydrogen (secondary N) is 1. The summed E-state index contributed by atoms with van der Waals surface area (Å²) in [5.74, 6) is -0.906. The van der Waals surface area contributed by atoms with Crippen molar-refractivity contribution in [3.63, 3.8) is 0 Å². The van der Waals surface area contributed by atoms with Gasteiger partial charge in [0, 0.05) is 0 Å². The molecule has 1 rings (SSSR count). The lowest BCUT2D eigenvalue weighted by Gasteiger charge is -2.19. The van der Waals surface area contributed by atoms with Crippen LogP contribution in [-0.4, -0.2) is 23.0 Å². The fourth-order valence-electron chi connectivity index (χ4n) is 1.81. The van der Waals surface area contributed by atoms with Gasteiger partial charge in [0.2, 0.25) is 0 Å². The summed E-state index contributed by atoms with van der Waals surface area (Å²) in [5, 5.41) is 0. The molecule has 1 aliphatic rings. The summed E-state index contributed by atoms with van der Waals surface area (Å²) in [6.07, 6.45) is 6.60. The summed E-state index contributed by atoms with van der Waals surface area (Å²) in [7, 11) is -4.28. The SMILES string of the molecule is C[C@H](NOC1CCCCCC1)C(=O)OP(N)(=O)O. The summed E-state index contributed by atoms with van der Waals surface area (Å²) in [4.78, 5) is 25.4. The molecule has 0 heterocycles. The third kappa shape index (κ3) is 6.47. The molecule has 1 aliphatic carbocycles. The van der Waals surface area contributed by atoms with Crippen LogP contribution in [0.5, 0.6) is 0 Å². The van der Waals surface area contributed by atoms with Gasteiger partial charge in [-0.05, 0) is 19.8 Å². The molecule has 1 fully saturated rings. The van der Waals surface area contributed by atoms with Gasteiger partial charge in [0.05, 0.1) is 6.10 Å². The molecule has 8 heteroatoms. The van der Waals surface area contributed by atoms with Crippen molar-refractivity contribution in [1.29, 1.82) is 0 Å². The zero-order valence-electron chi connectivity index (χ0n) is 10.5. The van der Waals surface area contributed by atoms with Crippen molar-refractivity contribution in [2.24, 2.45) is 5.50 Å². The van der Waals surface area contributed by atoms with Gasteiger partial charge in [-0.1, -0.05) is 25.7 Å². The molecule has 0 saturated heterocycles. The Morgan fingerprint density at radius 1 is 1.39 bits per heavy atom. The number of carbonyl (C=O) groups excluding carboxylic acids is 1. The first-order valence-corrected chi connectivity index (χ1v) is 7.79. The van der Waals surface area contributed by atoms with Crippen LogP contribution < -0.4 is 11.0 Å². The highest BCUT2D eigenvalue weighted by Gasteiger charge is 2.24. The van der Waals surface area contributed by atoms with E-state index in [4.69, 9.17) is 15.2 Å². The van der Waals surface area contributed by atoms with Gasteiger partial charge in [-0.3, -0.25) is 4.84 Å². The van der Waals surface area contributed by atoms with Crippen molar-refractivity contribution >= 4 is 13.7 Å². The maximum atomic E-state index is 11.3. The third-order valence-corrected chi connectivity index (χ3v) is 3.23. The fraction of sp³-hybridized carbons (Fsp3) is 0.900. The van der Waals surface area contributed by atoms with Gasteiger partial charge >= 0.3 is 13.7 Å². The second kappa shape index (κ2) is 7.21. The first-order valence-electron chi connectivity index (χ1n) is 6.14. The van der Waals surface area contributed by atoms with Crippen molar-refractivity contribution in [2.45, 2.75) is 57.6 Å². The van der Waals surface area contributed by atoms with Crippen LogP contribution in [0.1, 0.15) is 45.4 Å². The minimum Gasteiger partial charge on any atom is -0.379 e. The molecule has 0 amide bonds. The van der Waals surface area contributed by atoms with Crippen molar-refractivity contribution in [3.05, 3.63) is 0 Å². The molecule has 0 aliphatic heterocycles. The van der Waals surface area contributed by atoms with Crippen LogP contribution >= 0.6 is 7.75 Å². The topological polar surface area (TPSA) is 111 Å². The minimum atomic E-state index is -4.28. The third-order valence-electron chi connectivity index (χ3n) is 2.79. The van der Waals surface area contributed by atoms with E-state index in [1.165, 1.54) is 19.8 Å². The van der Waals surface area contributed by atoms with Gasteiger partial charge in [0.1, 0.15) is 6.04 Å². The molecule has 7 nitrogen and oxygen atoms in total. The van der Waals surface area contributed by atoms with Crippen LogP contribution in [-0.2, 0) is 18.7 Å². The Kier molecular flexibility index (Phi) is 6.25. The highest BCUT2D eigenvalue weighted by atomic mass is 31.2. The maximum absolute atomic E-state index is 11.3. The molecular weight excluding hydrogens is 259 g/mol. The predicted molar refractivity (Wildman–Crippen MR) is 65.3 cm³/mol. The minimum absolute atomic E-state index is 0.0709. The summed E-state index contributed by atoms with van der Waals surface area (Å²) < 4.78 is 14.9. The largest absolute Gasteiger partial charge is 0.455 e. The molecule has 2 atom stereocenters. The number of rotatable bonds is 5. The number of hydrogen-bond donors (Lipinski definition) is 3. The summed E-state index contributed by atoms with van der Waals surface area (Å²) in [5.41, 5.74) is 7.27. The first kappa shape index (κ1) is 15.6. The highest BCUT2D eigenvalue weighted by molar-refractivity contribution is 7.50. The Morgan fingerprint density at radius 3 is 2.44 bits per heavy atom. The second-order valence-electron chi connectivity index (χ2n) is 4.55. The molecule has 4 N–H and O–H groups in total. The average Bonchev–Trinajstić information content (AvgIpc) is 2.51. The van der Waals surface area contributed by atoms with E-state index in [2.05, 4.69) is 10.0 Å². The van der Waals surface area contributed by atoms with Crippen molar-refractivity contribution in [1.82, 2.24) is 5.48 Å². The van der Waals surface area contributed by atoms with Crippen LogP contribution in [0.15, 0.2) is 0 Å². The predicted octanol–water partition coefficient (Wildman–Crippen LogP) is 1.22. The molecule has 18 heavy (non-hydrogen) atoms. The van der Waals surface area contributed by atoms with Crippen molar-refractivity contribution in [3.8, 4) is 0 Å². The summed E-state index contributed by atoms with van der Waals surface area (Å²) in [6.45, 7) is 1.48. The van der Waals surface area contributed by atoms with E-state index in [-0.39, 0.29) is 6.10 Å². The second-order valence-corrected chi connectivity index (χ2v) is 5.86. The molecular formula is C10H21N2O5P. The Balaban J connectivity index is 2.28. The smallest absolute Gasteiger partial charge is 0.379 e. The lowest BCUT2D eigenvalue weighted by atomic mass is 10.2. The van der Waals surface area contributed by atoms with Gasteiger partial charge in [0.15, 0.2) is 0 Å². The molecule has 0 aromatic carbocycles. The zero-order chi connectivity index (χ0) is 13.6. The number of nitrogens with two attached hydrogens (primary N) is 1. The molecule has 0 aromatic rings. The Morgan fingerprint density at radius 2 is 1.94 bits per heavy atom. The van der Waals surface area contributed by atoms with Gasteiger partial charge in [0.25, 0.3) is 0 Å². The first-order chi connectivity index (χ1) is 8.38. The van der Waals surface area contributed by atoms with Crippen molar-refractivity contribution in [2.75, 3.05) is 0 Å². The van der Waals surface area contributed by atoms with E-state index >= 15 is 0 Å². The van der Waals surface area contributed by atoms with E-state index in [1.807, 2.05) is 0 Å². The Bertz CT molecular complexity index is 311. The number of hydroxylamine groups is 1. The lowest BCUT2D eigenvalue weighted by Crippen LogP contribution is -2.38. The van der Waals surface area contributed by atoms with E-state index in [1.54, 1.807) is 0 Å². The molecule has 106 valence electrons. The molecule has 1 unspecified atom stereocenters.